The van der Waals surface area contributed by atoms with Crippen LogP contribution in [0.1, 0.15) is 5.56 Å². The number of nitrogens with one attached hydrogen (secondary N) is 2. The van der Waals surface area contributed by atoms with Crippen molar-refractivity contribution < 1.29 is 9.47 Å². The predicted molar refractivity (Wildman–Crippen MR) is 73.3 cm³/mol. The van der Waals surface area contributed by atoms with Crippen molar-refractivity contribution >= 4 is 11.8 Å². The van der Waals surface area contributed by atoms with Crippen molar-refractivity contribution in [2.75, 3.05) is 18.7 Å². The molecule has 3 heterocycles. The number of ether oxygens (including phenoxy) is 2. The molecule has 0 radical (unpaired) electrons. The molecule has 102 valence electrons. The van der Waals surface area contributed by atoms with E-state index in [2.05, 4.69) is 10.4 Å². The van der Waals surface area contributed by atoms with Gasteiger partial charge in [0.2, 0.25) is 12.8 Å². The first-order chi connectivity index (χ1) is 9.74. The number of nitrogens with zero attached hydrogens (tertiary/aromatic N) is 2. The molecular formula is C13H13N5O2. The summed E-state index contributed by atoms with van der Waals surface area (Å²) in [6, 6.07) is 5.73. The lowest BCUT2D eigenvalue weighted by Gasteiger charge is -2.03. The Morgan fingerprint density at radius 3 is 3.05 bits per heavy atom. The lowest BCUT2D eigenvalue weighted by atomic mass is 10.1. The quantitative estimate of drug-likeness (QED) is 0.530. The SMILES string of the molecule is N=C(N)n1nc(-c2ccc3c(c2)OCO3)c2c1NCC2. The zero-order chi connectivity index (χ0) is 13.7. The van der Waals surface area contributed by atoms with Crippen LogP contribution in [0.4, 0.5) is 5.82 Å². The maximum atomic E-state index is 7.60. The Balaban J connectivity index is 1.87. The molecular weight excluding hydrogens is 258 g/mol. The molecule has 2 aliphatic heterocycles. The average molecular weight is 271 g/mol. The molecule has 1 aromatic carbocycles. The molecule has 7 nitrogen and oxygen atoms in total. The van der Waals surface area contributed by atoms with Gasteiger partial charge >= 0.3 is 0 Å². The molecule has 1 aromatic heterocycles. The smallest absolute Gasteiger partial charge is 0.231 e. The first kappa shape index (κ1) is 11.2. The Hall–Kier alpha value is -2.70. The number of nitrogen functional groups attached to an aromatic ring is 1. The van der Waals surface area contributed by atoms with Crippen LogP contribution >= 0.6 is 0 Å². The van der Waals surface area contributed by atoms with E-state index in [-0.39, 0.29) is 12.8 Å². The molecule has 0 atom stereocenters. The Morgan fingerprint density at radius 1 is 1.35 bits per heavy atom. The molecule has 0 bridgehead atoms. The van der Waals surface area contributed by atoms with E-state index in [1.54, 1.807) is 0 Å². The van der Waals surface area contributed by atoms with Gasteiger partial charge in [0, 0.05) is 17.7 Å². The first-order valence-corrected chi connectivity index (χ1v) is 6.34. The van der Waals surface area contributed by atoms with Crippen LogP contribution in [0.25, 0.3) is 11.3 Å². The average Bonchev–Trinajstić information content (AvgIpc) is 3.12. The second-order valence-corrected chi connectivity index (χ2v) is 4.72. The topological polar surface area (TPSA) is 98.2 Å². The molecule has 0 aliphatic carbocycles. The Kier molecular flexibility index (Phi) is 2.17. The van der Waals surface area contributed by atoms with Gasteiger partial charge in [-0.25, -0.2) is 0 Å². The van der Waals surface area contributed by atoms with Crippen molar-refractivity contribution in [1.82, 2.24) is 9.78 Å². The van der Waals surface area contributed by atoms with Crippen LogP contribution in [-0.4, -0.2) is 29.1 Å². The van der Waals surface area contributed by atoms with Gasteiger partial charge in [-0.2, -0.15) is 9.78 Å². The van der Waals surface area contributed by atoms with Crippen LogP contribution in [0.3, 0.4) is 0 Å². The van der Waals surface area contributed by atoms with Crippen molar-refractivity contribution in [2.24, 2.45) is 5.73 Å². The molecule has 2 aliphatic rings. The van der Waals surface area contributed by atoms with Crippen molar-refractivity contribution in [1.29, 1.82) is 5.41 Å². The van der Waals surface area contributed by atoms with Gasteiger partial charge in [0.05, 0.1) is 5.69 Å². The normalized spacial score (nSPS) is 15.0. The van der Waals surface area contributed by atoms with E-state index >= 15 is 0 Å². The van der Waals surface area contributed by atoms with Crippen molar-refractivity contribution in [3.8, 4) is 22.8 Å². The highest BCUT2D eigenvalue weighted by Crippen LogP contribution is 2.38. The predicted octanol–water partition coefficient (Wildman–Crippen LogP) is 0.988. The number of aromatic nitrogens is 2. The van der Waals surface area contributed by atoms with E-state index in [1.165, 1.54) is 4.68 Å². The second kappa shape index (κ2) is 3.89. The molecule has 0 spiro atoms. The molecule has 0 unspecified atom stereocenters. The van der Waals surface area contributed by atoms with Gasteiger partial charge in [0.15, 0.2) is 11.5 Å². The van der Waals surface area contributed by atoms with E-state index in [0.29, 0.717) is 0 Å². The van der Waals surface area contributed by atoms with Crippen molar-refractivity contribution in [2.45, 2.75) is 6.42 Å². The highest BCUT2D eigenvalue weighted by Gasteiger charge is 2.25. The van der Waals surface area contributed by atoms with E-state index in [9.17, 15) is 0 Å². The summed E-state index contributed by atoms with van der Waals surface area (Å²) in [6.07, 6.45) is 0.867. The number of anilines is 1. The van der Waals surface area contributed by atoms with Gasteiger partial charge in [-0.05, 0) is 24.6 Å². The summed E-state index contributed by atoms with van der Waals surface area (Å²) in [6.45, 7) is 1.08. The Morgan fingerprint density at radius 2 is 2.20 bits per heavy atom. The van der Waals surface area contributed by atoms with Crippen molar-refractivity contribution in [3.05, 3.63) is 23.8 Å². The third-order valence-corrected chi connectivity index (χ3v) is 3.53. The lowest BCUT2D eigenvalue weighted by molar-refractivity contribution is 0.174. The van der Waals surface area contributed by atoms with E-state index in [4.69, 9.17) is 20.6 Å². The molecule has 0 fully saturated rings. The van der Waals surface area contributed by atoms with Gasteiger partial charge in [-0.3, -0.25) is 5.41 Å². The van der Waals surface area contributed by atoms with Gasteiger partial charge in [-0.1, -0.05) is 0 Å². The fraction of sp³-hybridized carbons (Fsp3) is 0.231. The second-order valence-electron chi connectivity index (χ2n) is 4.72. The largest absolute Gasteiger partial charge is 0.454 e. The summed E-state index contributed by atoms with van der Waals surface area (Å²) in [4.78, 5) is 0. The van der Waals surface area contributed by atoms with Crippen molar-refractivity contribution in [3.63, 3.8) is 0 Å². The Labute approximate surface area is 114 Å². The highest BCUT2D eigenvalue weighted by molar-refractivity contribution is 5.85. The maximum absolute atomic E-state index is 7.60. The molecule has 4 N–H and O–H groups in total. The lowest BCUT2D eigenvalue weighted by Crippen LogP contribution is -2.23. The number of hydrogen-bond donors (Lipinski definition) is 3. The summed E-state index contributed by atoms with van der Waals surface area (Å²) < 4.78 is 12.1. The van der Waals surface area contributed by atoms with Crippen LogP contribution in [0, 0.1) is 5.41 Å². The molecule has 4 rings (SSSR count). The Bertz CT molecular complexity index is 722. The summed E-state index contributed by atoms with van der Waals surface area (Å²) >= 11 is 0. The number of nitrogens with two attached hydrogens (primary N) is 1. The molecule has 0 saturated carbocycles. The monoisotopic (exact) mass is 271 g/mol. The van der Waals surface area contributed by atoms with Crippen LogP contribution in [-0.2, 0) is 6.42 Å². The number of rotatable bonds is 1. The number of hydrogen-bond acceptors (Lipinski definition) is 5. The number of benzene rings is 1. The minimum Gasteiger partial charge on any atom is -0.454 e. The van der Waals surface area contributed by atoms with Gasteiger partial charge in [0.25, 0.3) is 0 Å². The third-order valence-electron chi connectivity index (χ3n) is 3.53. The fourth-order valence-electron chi connectivity index (χ4n) is 2.62. The standard InChI is InChI=1S/C13H13N5O2/c14-13(15)18-12-8(3-4-16-12)11(17-18)7-1-2-9-10(5-7)20-6-19-9/h1-2,5,16H,3-4,6H2,(H3,14,15). The van der Waals surface area contributed by atoms with Crippen LogP contribution in [0.5, 0.6) is 11.5 Å². The minimum atomic E-state index is -0.0948. The van der Waals surface area contributed by atoms with Gasteiger partial charge in [-0.15, -0.1) is 0 Å². The highest BCUT2D eigenvalue weighted by atomic mass is 16.7. The summed E-state index contributed by atoms with van der Waals surface area (Å²) in [7, 11) is 0. The maximum Gasteiger partial charge on any atom is 0.231 e. The van der Waals surface area contributed by atoms with Crippen LogP contribution < -0.4 is 20.5 Å². The third kappa shape index (κ3) is 1.46. The van der Waals surface area contributed by atoms with Gasteiger partial charge in [0.1, 0.15) is 5.82 Å². The van der Waals surface area contributed by atoms with E-state index in [0.717, 1.165) is 47.1 Å². The van der Waals surface area contributed by atoms with Crippen LogP contribution in [0.15, 0.2) is 18.2 Å². The fourth-order valence-corrected chi connectivity index (χ4v) is 2.62. The zero-order valence-corrected chi connectivity index (χ0v) is 10.6. The van der Waals surface area contributed by atoms with Gasteiger partial charge < -0.3 is 20.5 Å². The molecule has 0 saturated heterocycles. The molecule has 0 amide bonds. The summed E-state index contributed by atoms with van der Waals surface area (Å²) in [5.41, 5.74) is 8.42. The molecule has 2 aromatic rings. The zero-order valence-electron chi connectivity index (χ0n) is 10.6. The molecule has 7 heteroatoms. The molecule has 20 heavy (non-hydrogen) atoms. The first-order valence-electron chi connectivity index (χ1n) is 6.34. The minimum absolute atomic E-state index is 0.0948. The van der Waals surface area contributed by atoms with E-state index in [1.807, 2.05) is 18.2 Å². The van der Waals surface area contributed by atoms with E-state index < -0.39 is 0 Å². The summed E-state index contributed by atoms with van der Waals surface area (Å²) in [5.74, 6) is 2.18. The summed E-state index contributed by atoms with van der Waals surface area (Å²) in [5, 5.41) is 15.2. The number of fused-ring (bicyclic) bond motifs is 2. The van der Waals surface area contributed by atoms with Crippen LogP contribution in [0.2, 0.25) is 0 Å².